The highest BCUT2D eigenvalue weighted by Crippen LogP contribution is 2.24. The lowest BCUT2D eigenvalue weighted by molar-refractivity contribution is -0.125. The van der Waals surface area contributed by atoms with Gasteiger partial charge in [-0.3, -0.25) is 18.7 Å². The Morgan fingerprint density at radius 1 is 1.24 bits per heavy atom. The normalized spacial score (nSPS) is 19.6. The maximum absolute atomic E-state index is 12.5. The molecule has 1 unspecified atom stereocenters. The van der Waals surface area contributed by atoms with Gasteiger partial charge in [0.25, 0.3) is 0 Å². The van der Waals surface area contributed by atoms with E-state index in [0.717, 1.165) is 9.99 Å². The summed E-state index contributed by atoms with van der Waals surface area (Å²) >= 11 is 3.38. The predicted octanol–water partition coefficient (Wildman–Crippen LogP) is 1.12. The maximum atomic E-state index is 12.5. The minimum atomic E-state index is -0.645. The van der Waals surface area contributed by atoms with Gasteiger partial charge in [-0.2, -0.15) is 0 Å². The number of benzene rings is 1. The Balaban J connectivity index is 2.20. The van der Waals surface area contributed by atoms with Gasteiger partial charge in [0, 0.05) is 17.9 Å². The second-order valence-electron chi connectivity index (χ2n) is 5.16. The van der Waals surface area contributed by atoms with Crippen LogP contribution in [0, 0.1) is 0 Å². The molecule has 0 saturated carbocycles. The molecule has 0 bridgehead atoms. The van der Waals surface area contributed by atoms with Crippen molar-refractivity contribution in [2.45, 2.75) is 18.9 Å². The number of ketones is 1. The fourth-order valence-electron chi connectivity index (χ4n) is 2.70. The van der Waals surface area contributed by atoms with Crippen molar-refractivity contribution in [3.8, 4) is 0 Å². The molecule has 1 aromatic heterocycles. The molecule has 1 amide bonds. The lowest BCUT2D eigenvalue weighted by atomic mass is 10.1. The summed E-state index contributed by atoms with van der Waals surface area (Å²) in [5.74, 6) is -0.291. The number of Topliss-reactive ketones (excluding diaryl/α,β-unsaturated/α-hetero) is 1. The highest BCUT2D eigenvalue weighted by Gasteiger charge is 2.28. The van der Waals surface area contributed by atoms with Gasteiger partial charge in [-0.05, 0) is 24.6 Å². The van der Waals surface area contributed by atoms with E-state index in [2.05, 4.69) is 21.2 Å². The van der Waals surface area contributed by atoms with Crippen molar-refractivity contribution in [1.29, 1.82) is 0 Å². The number of carbonyl (C=O) groups is 2. The Hall–Kier alpha value is -1.89. The number of amides is 1. The van der Waals surface area contributed by atoms with Crippen molar-refractivity contribution in [2.75, 3.05) is 6.54 Å². The van der Waals surface area contributed by atoms with E-state index in [1.54, 1.807) is 13.1 Å². The van der Waals surface area contributed by atoms with Gasteiger partial charge in [0.15, 0.2) is 5.78 Å². The molecule has 0 aliphatic carbocycles. The summed E-state index contributed by atoms with van der Waals surface area (Å²) in [7, 11) is 1.67. The third-order valence-corrected chi connectivity index (χ3v) is 4.32. The number of carbonyl (C=O) groups excluding carboxylic acids is 2. The fourth-order valence-corrected chi connectivity index (χ4v) is 3.05. The number of aromatic nitrogens is 2. The molecule has 1 aliphatic heterocycles. The zero-order chi connectivity index (χ0) is 15.1. The molecule has 6 nitrogen and oxygen atoms in total. The molecular weight excluding hydrogens is 338 g/mol. The van der Waals surface area contributed by atoms with E-state index in [4.69, 9.17) is 0 Å². The van der Waals surface area contributed by atoms with Crippen LogP contribution in [-0.4, -0.2) is 27.4 Å². The van der Waals surface area contributed by atoms with Gasteiger partial charge < -0.3 is 5.32 Å². The summed E-state index contributed by atoms with van der Waals surface area (Å²) in [5, 5.41) is 2.59. The van der Waals surface area contributed by atoms with Crippen LogP contribution < -0.4 is 11.0 Å². The number of rotatable bonds is 1. The van der Waals surface area contributed by atoms with Crippen LogP contribution in [0.25, 0.3) is 11.0 Å². The molecule has 3 rings (SSSR count). The lowest BCUT2D eigenvalue weighted by Gasteiger charge is -2.14. The molecule has 1 saturated heterocycles. The minimum absolute atomic E-state index is 0.0121. The molecule has 2 aromatic rings. The monoisotopic (exact) mass is 351 g/mol. The number of hydrogen-bond acceptors (Lipinski definition) is 3. The number of aryl methyl sites for hydroxylation is 1. The standard InChI is InChI=1S/C14H14BrN3O3/c1-17-12-6-8(15)2-4-10(12)18(14(17)21)11-5-3-9(19)7-16-13(11)20/h2,4,6,11H,3,5,7H2,1H3,(H,16,20). The molecule has 1 atom stereocenters. The Labute approximate surface area is 128 Å². The highest BCUT2D eigenvalue weighted by atomic mass is 79.9. The number of hydrogen-bond donors (Lipinski definition) is 1. The Bertz CT molecular complexity index is 806. The number of fused-ring (bicyclic) bond motifs is 1. The number of imidazole rings is 1. The van der Waals surface area contributed by atoms with E-state index < -0.39 is 6.04 Å². The average Bonchev–Trinajstić information content (AvgIpc) is 2.59. The smallest absolute Gasteiger partial charge is 0.329 e. The van der Waals surface area contributed by atoms with Crippen LogP contribution in [0.3, 0.4) is 0 Å². The van der Waals surface area contributed by atoms with E-state index in [1.807, 2.05) is 12.1 Å². The molecule has 110 valence electrons. The van der Waals surface area contributed by atoms with E-state index >= 15 is 0 Å². The number of halogens is 1. The maximum Gasteiger partial charge on any atom is 0.329 e. The van der Waals surface area contributed by atoms with E-state index in [-0.39, 0.29) is 23.9 Å². The first-order valence-electron chi connectivity index (χ1n) is 6.65. The minimum Gasteiger partial charge on any atom is -0.347 e. The van der Waals surface area contributed by atoms with Crippen LogP contribution in [0.5, 0.6) is 0 Å². The van der Waals surface area contributed by atoms with E-state index in [9.17, 15) is 14.4 Å². The van der Waals surface area contributed by atoms with Crippen molar-refractivity contribution < 1.29 is 9.59 Å². The third-order valence-electron chi connectivity index (χ3n) is 3.82. The van der Waals surface area contributed by atoms with E-state index in [1.165, 1.54) is 9.13 Å². The molecular formula is C14H14BrN3O3. The van der Waals surface area contributed by atoms with Crippen molar-refractivity contribution in [3.63, 3.8) is 0 Å². The van der Waals surface area contributed by atoms with Crippen LogP contribution in [-0.2, 0) is 16.6 Å². The van der Waals surface area contributed by atoms with Gasteiger partial charge in [-0.25, -0.2) is 4.79 Å². The average molecular weight is 352 g/mol. The summed E-state index contributed by atoms with van der Waals surface area (Å²) in [6, 6.07) is 4.83. The van der Waals surface area contributed by atoms with Crippen LogP contribution in [0.2, 0.25) is 0 Å². The van der Waals surface area contributed by atoms with Gasteiger partial charge in [-0.1, -0.05) is 15.9 Å². The van der Waals surface area contributed by atoms with Crippen molar-refractivity contribution in [3.05, 3.63) is 33.2 Å². The first-order chi connectivity index (χ1) is 9.99. The summed E-state index contributed by atoms with van der Waals surface area (Å²) in [6.45, 7) is 0.0421. The number of nitrogens with one attached hydrogen (secondary N) is 1. The van der Waals surface area contributed by atoms with Crippen molar-refractivity contribution >= 4 is 38.7 Å². The summed E-state index contributed by atoms with van der Waals surface area (Å²) in [5.41, 5.74) is 1.19. The van der Waals surface area contributed by atoms with Crippen LogP contribution in [0.15, 0.2) is 27.5 Å². The highest BCUT2D eigenvalue weighted by molar-refractivity contribution is 9.10. The van der Waals surface area contributed by atoms with Crippen LogP contribution >= 0.6 is 15.9 Å². The lowest BCUT2D eigenvalue weighted by Crippen LogP contribution is -2.36. The van der Waals surface area contributed by atoms with Crippen LogP contribution in [0.1, 0.15) is 18.9 Å². The molecule has 7 heteroatoms. The molecule has 1 aliphatic rings. The van der Waals surface area contributed by atoms with E-state index in [0.29, 0.717) is 18.4 Å². The zero-order valence-electron chi connectivity index (χ0n) is 11.4. The molecule has 1 aromatic carbocycles. The van der Waals surface area contributed by atoms with Gasteiger partial charge in [-0.15, -0.1) is 0 Å². The van der Waals surface area contributed by atoms with Gasteiger partial charge in [0.1, 0.15) is 6.04 Å². The van der Waals surface area contributed by atoms with Gasteiger partial charge in [0.05, 0.1) is 17.6 Å². The Morgan fingerprint density at radius 3 is 2.76 bits per heavy atom. The first kappa shape index (κ1) is 14.1. The van der Waals surface area contributed by atoms with Gasteiger partial charge >= 0.3 is 5.69 Å². The van der Waals surface area contributed by atoms with Crippen molar-refractivity contribution in [2.24, 2.45) is 7.05 Å². The summed E-state index contributed by atoms with van der Waals surface area (Å²) in [6.07, 6.45) is 0.641. The fraction of sp³-hybridized carbons (Fsp3) is 0.357. The summed E-state index contributed by atoms with van der Waals surface area (Å²) < 4.78 is 3.86. The topological polar surface area (TPSA) is 73.1 Å². The number of nitrogens with zero attached hydrogens (tertiary/aromatic N) is 2. The largest absolute Gasteiger partial charge is 0.347 e. The summed E-state index contributed by atoms with van der Waals surface area (Å²) in [4.78, 5) is 36.2. The second-order valence-corrected chi connectivity index (χ2v) is 6.07. The zero-order valence-corrected chi connectivity index (χ0v) is 13.0. The molecule has 1 N–H and O–H groups in total. The third kappa shape index (κ3) is 2.31. The predicted molar refractivity (Wildman–Crippen MR) is 81.2 cm³/mol. The quantitative estimate of drug-likeness (QED) is 0.836. The Morgan fingerprint density at radius 2 is 2.00 bits per heavy atom. The molecule has 0 radical (unpaired) electrons. The van der Waals surface area contributed by atoms with Crippen molar-refractivity contribution in [1.82, 2.24) is 14.5 Å². The second kappa shape index (κ2) is 5.14. The molecule has 0 spiro atoms. The van der Waals surface area contributed by atoms with Gasteiger partial charge in [0.2, 0.25) is 5.91 Å². The van der Waals surface area contributed by atoms with Crippen LogP contribution in [0.4, 0.5) is 0 Å². The molecule has 1 fully saturated rings. The first-order valence-corrected chi connectivity index (χ1v) is 7.44. The Kier molecular flexibility index (Phi) is 3.44. The molecule has 2 heterocycles. The SMILES string of the molecule is Cn1c(=O)n(C2CCC(=O)CNC2=O)c2ccc(Br)cc21. The molecule has 21 heavy (non-hydrogen) atoms.